The molecule has 0 radical (unpaired) electrons. The minimum Gasteiger partial charge on any atom is -0.352 e. The van der Waals surface area contributed by atoms with Crippen molar-refractivity contribution in [2.75, 3.05) is 26.2 Å². The number of amides is 1. The standard InChI is InChI=1S/C21H27N5O/c1-4-25(5-2)14-8-13-22-21(27)18-15-23-26(16(18)3)20-12-11-17-9-6-7-10-19(17)24-20/h6-7,9-12,15H,4-5,8,13-14H2,1-3H3,(H,22,27). The second kappa shape index (κ2) is 8.77. The lowest BCUT2D eigenvalue weighted by Crippen LogP contribution is -2.30. The summed E-state index contributed by atoms with van der Waals surface area (Å²) in [5.41, 5.74) is 2.29. The van der Waals surface area contributed by atoms with Gasteiger partial charge in [0.1, 0.15) is 0 Å². The van der Waals surface area contributed by atoms with E-state index < -0.39 is 0 Å². The van der Waals surface area contributed by atoms with Crippen LogP contribution in [0, 0.1) is 6.92 Å². The molecule has 0 saturated carbocycles. The van der Waals surface area contributed by atoms with E-state index in [0.29, 0.717) is 17.9 Å². The van der Waals surface area contributed by atoms with Gasteiger partial charge in [-0.3, -0.25) is 4.79 Å². The number of rotatable bonds is 8. The molecule has 6 nitrogen and oxygen atoms in total. The fourth-order valence-corrected chi connectivity index (χ4v) is 3.18. The first-order valence-corrected chi connectivity index (χ1v) is 9.55. The summed E-state index contributed by atoms with van der Waals surface area (Å²) in [5, 5.41) is 8.46. The van der Waals surface area contributed by atoms with Crippen molar-refractivity contribution < 1.29 is 4.79 Å². The van der Waals surface area contributed by atoms with Crippen molar-refractivity contribution in [3.05, 3.63) is 53.9 Å². The molecular weight excluding hydrogens is 338 g/mol. The molecule has 6 heteroatoms. The molecule has 0 unspecified atom stereocenters. The van der Waals surface area contributed by atoms with Gasteiger partial charge in [-0.1, -0.05) is 32.0 Å². The van der Waals surface area contributed by atoms with Crippen LogP contribution in [0.25, 0.3) is 16.7 Å². The molecule has 0 aliphatic heterocycles. The fraction of sp³-hybridized carbons (Fsp3) is 0.381. The Labute approximate surface area is 160 Å². The molecule has 0 aliphatic rings. The third kappa shape index (κ3) is 4.34. The average Bonchev–Trinajstić information content (AvgIpc) is 3.09. The van der Waals surface area contributed by atoms with Crippen LogP contribution in [0.15, 0.2) is 42.6 Å². The normalized spacial score (nSPS) is 11.3. The highest BCUT2D eigenvalue weighted by molar-refractivity contribution is 5.95. The first-order valence-electron chi connectivity index (χ1n) is 9.55. The number of carbonyl (C=O) groups excluding carboxylic acids is 1. The van der Waals surface area contributed by atoms with E-state index in [0.717, 1.165) is 42.7 Å². The van der Waals surface area contributed by atoms with Gasteiger partial charge in [0.05, 0.1) is 23.0 Å². The lowest BCUT2D eigenvalue weighted by Gasteiger charge is -2.17. The molecule has 0 atom stereocenters. The summed E-state index contributed by atoms with van der Waals surface area (Å²) in [6, 6.07) is 11.9. The molecular formula is C21H27N5O. The maximum Gasteiger partial charge on any atom is 0.254 e. The van der Waals surface area contributed by atoms with Gasteiger partial charge >= 0.3 is 0 Å². The largest absolute Gasteiger partial charge is 0.352 e. The molecule has 3 aromatic rings. The van der Waals surface area contributed by atoms with E-state index in [1.165, 1.54) is 0 Å². The third-order valence-electron chi connectivity index (χ3n) is 4.89. The molecule has 0 fully saturated rings. The molecule has 0 spiro atoms. The number of benzene rings is 1. The number of hydrogen-bond acceptors (Lipinski definition) is 4. The van der Waals surface area contributed by atoms with Crippen LogP contribution < -0.4 is 5.32 Å². The van der Waals surface area contributed by atoms with Gasteiger partial charge < -0.3 is 10.2 Å². The average molecular weight is 365 g/mol. The van der Waals surface area contributed by atoms with Gasteiger partial charge in [0.25, 0.3) is 5.91 Å². The van der Waals surface area contributed by atoms with E-state index in [1.54, 1.807) is 10.9 Å². The molecule has 0 saturated heterocycles. The Bertz CT molecular complexity index is 914. The number of nitrogens with zero attached hydrogens (tertiary/aromatic N) is 4. The van der Waals surface area contributed by atoms with E-state index in [-0.39, 0.29) is 5.91 Å². The van der Waals surface area contributed by atoms with Gasteiger partial charge in [0, 0.05) is 11.9 Å². The Morgan fingerprint density at radius 2 is 1.93 bits per heavy atom. The lowest BCUT2D eigenvalue weighted by molar-refractivity contribution is 0.0951. The first kappa shape index (κ1) is 19.0. The predicted molar refractivity (Wildman–Crippen MR) is 108 cm³/mol. The van der Waals surface area contributed by atoms with Crippen LogP contribution in [0.4, 0.5) is 0 Å². The number of nitrogens with one attached hydrogen (secondary N) is 1. The molecule has 3 rings (SSSR count). The minimum absolute atomic E-state index is 0.0842. The Morgan fingerprint density at radius 1 is 1.15 bits per heavy atom. The monoisotopic (exact) mass is 365 g/mol. The summed E-state index contributed by atoms with van der Waals surface area (Å²) in [6.07, 6.45) is 2.55. The van der Waals surface area contributed by atoms with Gasteiger partial charge in [-0.2, -0.15) is 5.10 Å². The van der Waals surface area contributed by atoms with Gasteiger partial charge in [-0.25, -0.2) is 9.67 Å². The lowest BCUT2D eigenvalue weighted by atomic mass is 10.2. The van der Waals surface area contributed by atoms with E-state index in [2.05, 4.69) is 34.1 Å². The fourth-order valence-electron chi connectivity index (χ4n) is 3.18. The second-order valence-corrected chi connectivity index (χ2v) is 6.55. The van der Waals surface area contributed by atoms with Crippen LogP contribution in [0.1, 0.15) is 36.3 Å². The highest BCUT2D eigenvalue weighted by Gasteiger charge is 2.15. The molecule has 27 heavy (non-hydrogen) atoms. The van der Waals surface area contributed by atoms with Gasteiger partial charge in [-0.05, 0) is 51.2 Å². The van der Waals surface area contributed by atoms with Crippen molar-refractivity contribution in [3.63, 3.8) is 0 Å². The number of pyridine rings is 1. The quantitative estimate of drug-likeness (QED) is 0.623. The summed E-state index contributed by atoms with van der Waals surface area (Å²) in [6.45, 7) is 9.93. The van der Waals surface area contributed by atoms with Crippen LogP contribution >= 0.6 is 0 Å². The number of para-hydroxylation sites is 1. The van der Waals surface area contributed by atoms with E-state index >= 15 is 0 Å². The molecule has 0 bridgehead atoms. The van der Waals surface area contributed by atoms with Crippen LogP contribution in [-0.2, 0) is 0 Å². The van der Waals surface area contributed by atoms with E-state index in [1.807, 2.05) is 43.3 Å². The first-order chi connectivity index (χ1) is 13.1. The van der Waals surface area contributed by atoms with Crippen molar-refractivity contribution in [1.82, 2.24) is 25.0 Å². The summed E-state index contributed by atoms with van der Waals surface area (Å²) >= 11 is 0. The summed E-state index contributed by atoms with van der Waals surface area (Å²) in [4.78, 5) is 19.5. The maximum atomic E-state index is 12.5. The minimum atomic E-state index is -0.0842. The Kier molecular flexibility index (Phi) is 6.19. The highest BCUT2D eigenvalue weighted by atomic mass is 16.1. The second-order valence-electron chi connectivity index (χ2n) is 6.55. The summed E-state index contributed by atoms with van der Waals surface area (Å²) in [7, 11) is 0. The van der Waals surface area contributed by atoms with Crippen LogP contribution in [0.5, 0.6) is 0 Å². The molecule has 0 aliphatic carbocycles. The SMILES string of the molecule is CCN(CC)CCCNC(=O)c1cnn(-c2ccc3ccccc3n2)c1C. The van der Waals surface area contributed by atoms with Gasteiger partial charge in [-0.15, -0.1) is 0 Å². The van der Waals surface area contributed by atoms with E-state index in [9.17, 15) is 4.79 Å². The molecule has 1 aromatic carbocycles. The zero-order chi connectivity index (χ0) is 19.2. The molecule has 1 N–H and O–H groups in total. The van der Waals surface area contributed by atoms with Gasteiger partial charge in [0.2, 0.25) is 0 Å². The van der Waals surface area contributed by atoms with E-state index in [4.69, 9.17) is 0 Å². The smallest absolute Gasteiger partial charge is 0.254 e. The topological polar surface area (TPSA) is 63.1 Å². The van der Waals surface area contributed by atoms with Crippen molar-refractivity contribution in [1.29, 1.82) is 0 Å². The van der Waals surface area contributed by atoms with Crippen molar-refractivity contribution in [2.24, 2.45) is 0 Å². The summed E-state index contributed by atoms with van der Waals surface area (Å²) in [5.74, 6) is 0.630. The molecule has 1 amide bonds. The molecule has 2 heterocycles. The zero-order valence-corrected chi connectivity index (χ0v) is 16.3. The number of fused-ring (bicyclic) bond motifs is 1. The number of hydrogen-bond donors (Lipinski definition) is 1. The van der Waals surface area contributed by atoms with Crippen LogP contribution in [-0.4, -0.2) is 51.8 Å². The summed E-state index contributed by atoms with van der Waals surface area (Å²) < 4.78 is 1.72. The maximum absolute atomic E-state index is 12.5. The Morgan fingerprint density at radius 3 is 2.70 bits per heavy atom. The number of aromatic nitrogens is 3. The predicted octanol–water partition coefficient (Wildman–Crippen LogP) is 3.19. The van der Waals surface area contributed by atoms with Crippen LogP contribution in [0.3, 0.4) is 0 Å². The third-order valence-corrected chi connectivity index (χ3v) is 4.89. The molecule has 2 aromatic heterocycles. The molecule has 142 valence electrons. The highest BCUT2D eigenvalue weighted by Crippen LogP contribution is 2.17. The number of carbonyl (C=O) groups is 1. The van der Waals surface area contributed by atoms with Crippen LogP contribution in [0.2, 0.25) is 0 Å². The van der Waals surface area contributed by atoms with Crippen molar-refractivity contribution >= 4 is 16.8 Å². The van der Waals surface area contributed by atoms with Crippen molar-refractivity contribution in [3.8, 4) is 5.82 Å². The Balaban J connectivity index is 1.68. The van der Waals surface area contributed by atoms with Crippen molar-refractivity contribution in [2.45, 2.75) is 27.2 Å². The Hall–Kier alpha value is -2.73. The van der Waals surface area contributed by atoms with Gasteiger partial charge in [0.15, 0.2) is 5.82 Å². The zero-order valence-electron chi connectivity index (χ0n) is 16.3.